The van der Waals surface area contributed by atoms with Crippen molar-refractivity contribution in [3.63, 3.8) is 0 Å². The van der Waals surface area contributed by atoms with E-state index in [9.17, 15) is 9.90 Å². The Balaban J connectivity index is 3.56. The lowest BCUT2D eigenvalue weighted by Crippen LogP contribution is -2.49. The van der Waals surface area contributed by atoms with Crippen LogP contribution in [0.1, 0.15) is 39.5 Å². The predicted molar refractivity (Wildman–Crippen MR) is 81.7 cm³/mol. The molecule has 0 aliphatic rings. The largest absolute Gasteiger partial charge is 0.480 e. The van der Waals surface area contributed by atoms with Crippen LogP contribution in [0.15, 0.2) is 0 Å². The van der Waals surface area contributed by atoms with Gasteiger partial charge < -0.3 is 24.6 Å². The van der Waals surface area contributed by atoms with E-state index in [1.165, 1.54) is 0 Å². The molecule has 1 unspecified atom stereocenters. The second kappa shape index (κ2) is 13.0. The van der Waals surface area contributed by atoms with Gasteiger partial charge in [-0.25, -0.2) is 0 Å². The Kier molecular flexibility index (Phi) is 12.6. The van der Waals surface area contributed by atoms with E-state index >= 15 is 0 Å². The number of carbonyl (C=O) groups is 1. The van der Waals surface area contributed by atoms with Crippen LogP contribution < -0.4 is 5.32 Å². The molecule has 0 aromatic heterocycles. The molecule has 1 atom stereocenters. The molecule has 0 aromatic carbocycles. The summed E-state index contributed by atoms with van der Waals surface area (Å²) >= 11 is 0. The maximum atomic E-state index is 11.3. The summed E-state index contributed by atoms with van der Waals surface area (Å²) in [6.45, 7) is 7.49. The van der Waals surface area contributed by atoms with Gasteiger partial charge in [-0.15, -0.1) is 0 Å². The first-order valence-electron chi connectivity index (χ1n) is 7.69. The number of nitrogens with one attached hydrogen (secondary N) is 1. The fourth-order valence-electron chi connectivity index (χ4n) is 1.83. The normalized spacial score (nSPS) is 14.0. The molecule has 0 bridgehead atoms. The maximum absolute atomic E-state index is 11.3. The summed E-state index contributed by atoms with van der Waals surface area (Å²) in [6.07, 6.45) is 3.07. The number of hydrogen-bond donors (Lipinski definition) is 2. The van der Waals surface area contributed by atoms with Crippen molar-refractivity contribution in [2.24, 2.45) is 0 Å². The van der Waals surface area contributed by atoms with Crippen LogP contribution in [0.3, 0.4) is 0 Å². The van der Waals surface area contributed by atoms with Crippen LogP contribution in [-0.4, -0.2) is 63.3 Å². The SMILES string of the molecule is CCCNC(C)(CCCOCCOCCCOC)C(=O)O. The maximum Gasteiger partial charge on any atom is 0.323 e. The van der Waals surface area contributed by atoms with E-state index in [4.69, 9.17) is 14.2 Å². The highest BCUT2D eigenvalue weighted by atomic mass is 16.5. The van der Waals surface area contributed by atoms with Crippen LogP contribution in [0.4, 0.5) is 0 Å². The zero-order chi connectivity index (χ0) is 16.0. The molecule has 0 saturated carbocycles. The summed E-state index contributed by atoms with van der Waals surface area (Å²) in [7, 11) is 1.67. The van der Waals surface area contributed by atoms with Crippen molar-refractivity contribution in [1.29, 1.82) is 0 Å². The van der Waals surface area contributed by atoms with Gasteiger partial charge >= 0.3 is 5.97 Å². The highest BCUT2D eigenvalue weighted by Gasteiger charge is 2.31. The predicted octanol–water partition coefficient (Wildman–Crippen LogP) is 1.68. The molecule has 2 N–H and O–H groups in total. The summed E-state index contributed by atoms with van der Waals surface area (Å²) in [4.78, 5) is 11.3. The van der Waals surface area contributed by atoms with E-state index < -0.39 is 11.5 Å². The Morgan fingerprint density at radius 1 is 1.10 bits per heavy atom. The minimum absolute atomic E-state index is 0.541. The van der Waals surface area contributed by atoms with Crippen LogP contribution in [-0.2, 0) is 19.0 Å². The Morgan fingerprint density at radius 2 is 1.71 bits per heavy atom. The quantitative estimate of drug-likeness (QED) is 0.448. The first-order valence-corrected chi connectivity index (χ1v) is 7.69. The van der Waals surface area contributed by atoms with Crippen LogP contribution >= 0.6 is 0 Å². The fourth-order valence-corrected chi connectivity index (χ4v) is 1.83. The molecule has 6 heteroatoms. The van der Waals surface area contributed by atoms with Crippen molar-refractivity contribution in [3.05, 3.63) is 0 Å². The van der Waals surface area contributed by atoms with Gasteiger partial charge in [0.15, 0.2) is 0 Å². The number of rotatable bonds is 15. The second-order valence-corrected chi connectivity index (χ2v) is 5.24. The molecule has 0 radical (unpaired) electrons. The average molecular weight is 305 g/mol. The van der Waals surface area contributed by atoms with E-state index in [-0.39, 0.29) is 0 Å². The highest BCUT2D eigenvalue weighted by Crippen LogP contribution is 2.13. The standard InChI is InChI=1S/C15H31NO5/c1-4-8-16-15(2,14(17)18)7-5-10-20-12-13-21-11-6-9-19-3/h16H,4-13H2,1-3H3,(H,17,18). The van der Waals surface area contributed by atoms with Crippen LogP contribution in [0.25, 0.3) is 0 Å². The molecule has 21 heavy (non-hydrogen) atoms. The lowest BCUT2D eigenvalue weighted by atomic mass is 9.96. The Hall–Kier alpha value is -0.690. The van der Waals surface area contributed by atoms with Crippen molar-refractivity contribution < 1.29 is 24.1 Å². The number of hydrogen-bond acceptors (Lipinski definition) is 5. The van der Waals surface area contributed by atoms with E-state index in [2.05, 4.69) is 5.32 Å². The highest BCUT2D eigenvalue weighted by molar-refractivity contribution is 5.78. The molecule has 126 valence electrons. The first-order chi connectivity index (χ1) is 10.1. The van der Waals surface area contributed by atoms with Crippen molar-refractivity contribution in [1.82, 2.24) is 5.32 Å². The lowest BCUT2D eigenvalue weighted by Gasteiger charge is -2.26. The van der Waals surface area contributed by atoms with Crippen LogP contribution in [0.5, 0.6) is 0 Å². The third kappa shape index (κ3) is 10.6. The summed E-state index contributed by atoms with van der Waals surface area (Å²) in [5, 5.41) is 12.4. The number of aliphatic carboxylic acids is 1. The van der Waals surface area contributed by atoms with Crippen molar-refractivity contribution in [2.75, 3.05) is 46.7 Å². The first kappa shape index (κ1) is 20.3. The number of methoxy groups -OCH3 is 1. The van der Waals surface area contributed by atoms with Crippen molar-refractivity contribution >= 4 is 5.97 Å². The van der Waals surface area contributed by atoms with Crippen molar-refractivity contribution in [3.8, 4) is 0 Å². The molecule has 0 amide bonds. The molecular weight excluding hydrogens is 274 g/mol. The topological polar surface area (TPSA) is 77.0 Å². The third-order valence-corrected chi connectivity index (χ3v) is 3.21. The van der Waals surface area contributed by atoms with Gasteiger partial charge in [-0.05, 0) is 39.2 Å². The van der Waals surface area contributed by atoms with Gasteiger partial charge in [-0.3, -0.25) is 4.79 Å². The monoisotopic (exact) mass is 305 g/mol. The molecule has 0 aliphatic heterocycles. The summed E-state index contributed by atoms with van der Waals surface area (Å²) in [5.74, 6) is -0.808. The smallest absolute Gasteiger partial charge is 0.323 e. The molecule has 0 aromatic rings. The van der Waals surface area contributed by atoms with E-state index in [0.717, 1.165) is 12.8 Å². The summed E-state index contributed by atoms with van der Waals surface area (Å²) in [6, 6.07) is 0. The number of carboxylic acid groups (broad SMARTS) is 1. The van der Waals surface area contributed by atoms with Gasteiger partial charge in [0.1, 0.15) is 5.54 Å². The average Bonchev–Trinajstić information content (AvgIpc) is 2.47. The van der Waals surface area contributed by atoms with Gasteiger partial charge in [-0.2, -0.15) is 0 Å². The number of ether oxygens (including phenoxy) is 3. The summed E-state index contributed by atoms with van der Waals surface area (Å²) in [5.41, 5.74) is -0.865. The fraction of sp³-hybridized carbons (Fsp3) is 0.933. The summed E-state index contributed by atoms with van der Waals surface area (Å²) < 4.78 is 15.7. The molecule has 0 rings (SSSR count). The molecule has 0 aliphatic carbocycles. The van der Waals surface area contributed by atoms with Crippen LogP contribution in [0, 0.1) is 0 Å². The van der Waals surface area contributed by atoms with Gasteiger partial charge in [0, 0.05) is 26.9 Å². The minimum Gasteiger partial charge on any atom is -0.480 e. The molecule has 0 spiro atoms. The zero-order valence-corrected chi connectivity index (χ0v) is 13.7. The van der Waals surface area contributed by atoms with E-state index in [1.54, 1.807) is 14.0 Å². The third-order valence-electron chi connectivity index (χ3n) is 3.21. The molecule has 0 heterocycles. The lowest BCUT2D eigenvalue weighted by molar-refractivity contribution is -0.144. The van der Waals surface area contributed by atoms with Gasteiger partial charge in [-0.1, -0.05) is 6.92 Å². The molecule has 6 nitrogen and oxygen atoms in total. The van der Waals surface area contributed by atoms with Crippen molar-refractivity contribution in [2.45, 2.75) is 45.1 Å². The van der Waals surface area contributed by atoms with Gasteiger partial charge in [0.25, 0.3) is 0 Å². The molecule has 0 fully saturated rings. The Bertz CT molecular complexity index is 262. The van der Waals surface area contributed by atoms with E-state index in [1.807, 2.05) is 6.92 Å². The number of carboxylic acids is 1. The minimum atomic E-state index is -0.865. The second-order valence-electron chi connectivity index (χ2n) is 5.24. The zero-order valence-electron chi connectivity index (χ0n) is 13.7. The van der Waals surface area contributed by atoms with Crippen LogP contribution in [0.2, 0.25) is 0 Å². The van der Waals surface area contributed by atoms with E-state index in [0.29, 0.717) is 52.4 Å². The Labute approximate surface area is 128 Å². The molecular formula is C15H31NO5. The molecule has 0 saturated heterocycles. The van der Waals surface area contributed by atoms with Gasteiger partial charge in [0.2, 0.25) is 0 Å². The van der Waals surface area contributed by atoms with Gasteiger partial charge in [0.05, 0.1) is 13.2 Å². The Morgan fingerprint density at radius 3 is 2.24 bits per heavy atom.